The van der Waals surface area contributed by atoms with Crippen molar-refractivity contribution in [3.63, 3.8) is 0 Å². The molecule has 16 heavy (non-hydrogen) atoms. The van der Waals surface area contributed by atoms with Gasteiger partial charge >= 0.3 is 0 Å². The minimum Gasteiger partial charge on any atom is -0.158 e. The molecule has 0 aromatic carbocycles. The molecule has 0 aliphatic heterocycles. The van der Waals surface area contributed by atoms with Crippen LogP contribution in [0.5, 0.6) is 0 Å². The van der Waals surface area contributed by atoms with Gasteiger partial charge in [-0.15, -0.1) is 0 Å². The van der Waals surface area contributed by atoms with Gasteiger partial charge in [0.1, 0.15) is 0 Å². The van der Waals surface area contributed by atoms with Crippen molar-refractivity contribution in [1.82, 2.24) is 0 Å². The van der Waals surface area contributed by atoms with E-state index in [2.05, 4.69) is 61.7 Å². The minimum absolute atomic E-state index is 1.19. The fourth-order valence-electron chi connectivity index (χ4n) is 1.26. The zero-order valence-electron chi connectivity index (χ0n) is 10.8. The van der Waals surface area contributed by atoms with E-state index in [9.17, 15) is 0 Å². The maximum Gasteiger partial charge on any atom is 0.0113 e. The number of thioether (sulfide) groups is 2. The van der Waals surface area contributed by atoms with Crippen LogP contribution in [-0.4, -0.2) is 23.0 Å². The van der Waals surface area contributed by atoms with Crippen molar-refractivity contribution in [2.75, 3.05) is 23.0 Å². The first kappa shape index (κ1) is 16.2. The van der Waals surface area contributed by atoms with E-state index in [0.717, 1.165) is 0 Å². The summed E-state index contributed by atoms with van der Waals surface area (Å²) in [5.41, 5.74) is 0. The SMILES string of the molecule is CC=CCSCCCCCCSCC=CC. The maximum atomic E-state index is 2.24. The summed E-state index contributed by atoms with van der Waals surface area (Å²) in [5.74, 6) is 5.04. The molecule has 0 spiro atoms. The summed E-state index contributed by atoms with van der Waals surface area (Å²) in [4.78, 5) is 0. The summed E-state index contributed by atoms with van der Waals surface area (Å²) < 4.78 is 0. The molecule has 0 aliphatic rings. The highest BCUT2D eigenvalue weighted by molar-refractivity contribution is 7.99. The van der Waals surface area contributed by atoms with Crippen molar-refractivity contribution in [3.05, 3.63) is 24.3 Å². The predicted octanol–water partition coefficient (Wildman–Crippen LogP) is 5.17. The Balaban J connectivity index is 2.93. The molecule has 0 nitrogen and oxygen atoms in total. The molecule has 0 amide bonds. The fourth-order valence-corrected chi connectivity index (χ4v) is 3.06. The molecule has 0 rings (SSSR count). The Bertz CT molecular complexity index is 154. The fraction of sp³-hybridized carbons (Fsp3) is 0.714. The van der Waals surface area contributed by atoms with Crippen LogP contribution in [-0.2, 0) is 0 Å². The standard InChI is InChI=1S/C14H26S2/c1-3-5-11-15-13-9-7-8-10-14-16-12-6-4-2/h3-6H,7-14H2,1-2H3. The van der Waals surface area contributed by atoms with Crippen LogP contribution in [0.3, 0.4) is 0 Å². The zero-order valence-corrected chi connectivity index (χ0v) is 12.4. The first-order valence-electron chi connectivity index (χ1n) is 6.29. The molecule has 0 N–H and O–H groups in total. The second kappa shape index (κ2) is 15.2. The average Bonchev–Trinajstić information content (AvgIpc) is 2.31. The van der Waals surface area contributed by atoms with E-state index in [1.54, 1.807) is 0 Å². The van der Waals surface area contributed by atoms with Crippen LogP contribution >= 0.6 is 23.5 Å². The summed E-state index contributed by atoms with van der Waals surface area (Å²) in [7, 11) is 0. The Hall–Kier alpha value is 0.180. The smallest absolute Gasteiger partial charge is 0.0113 e. The number of allylic oxidation sites excluding steroid dienone is 2. The molecule has 0 radical (unpaired) electrons. The van der Waals surface area contributed by atoms with Crippen LogP contribution in [0.15, 0.2) is 24.3 Å². The quantitative estimate of drug-likeness (QED) is 0.370. The first-order chi connectivity index (χ1) is 7.91. The van der Waals surface area contributed by atoms with Gasteiger partial charge in [-0.25, -0.2) is 0 Å². The summed E-state index contributed by atoms with van der Waals surface area (Å²) in [6.45, 7) is 4.18. The van der Waals surface area contributed by atoms with Gasteiger partial charge in [-0.05, 0) is 38.2 Å². The molecule has 0 atom stereocenters. The Kier molecular flexibility index (Phi) is 15.4. The van der Waals surface area contributed by atoms with Crippen LogP contribution in [0.1, 0.15) is 39.5 Å². The van der Waals surface area contributed by atoms with E-state index >= 15 is 0 Å². The second-order valence-electron chi connectivity index (χ2n) is 3.70. The van der Waals surface area contributed by atoms with Gasteiger partial charge < -0.3 is 0 Å². The highest BCUT2D eigenvalue weighted by Crippen LogP contribution is 2.10. The number of unbranched alkanes of at least 4 members (excludes halogenated alkanes) is 3. The second-order valence-corrected chi connectivity index (χ2v) is 6.00. The summed E-state index contributed by atoms with van der Waals surface area (Å²) in [6, 6.07) is 0. The Labute approximate surface area is 110 Å². The van der Waals surface area contributed by atoms with Crippen molar-refractivity contribution >= 4 is 23.5 Å². The lowest BCUT2D eigenvalue weighted by Gasteiger charge is -2.00. The lowest BCUT2D eigenvalue weighted by Crippen LogP contribution is -1.85. The van der Waals surface area contributed by atoms with Crippen LogP contribution in [0.4, 0.5) is 0 Å². The minimum atomic E-state index is 1.19. The van der Waals surface area contributed by atoms with Crippen LogP contribution in [0.2, 0.25) is 0 Å². The molecule has 0 heterocycles. The van der Waals surface area contributed by atoms with Crippen LogP contribution in [0.25, 0.3) is 0 Å². The van der Waals surface area contributed by atoms with Gasteiger partial charge in [-0.1, -0.05) is 37.1 Å². The highest BCUT2D eigenvalue weighted by Gasteiger charge is 1.91. The molecule has 0 unspecified atom stereocenters. The number of hydrogen-bond donors (Lipinski definition) is 0. The third-order valence-electron chi connectivity index (χ3n) is 2.23. The van der Waals surface area contributed by atoms with Gasteiger partial charge in [0, 0.05) is 11.5 Å². The molecule has 0 saturated carbocycles. The van der Waals surface area contributed by atoms with Gasteiger partial charge in [-0.3, -0.25) is 0 Å². The van der Waals surface area contributed by atoms with Gasteiger partial charge in [-0.2, -0.15) is 23.5 Å². The molecule has 0 saturated heterocycles. The van der Waals surface area contributed by atoms with E-state index < -0.39 is 0 Å². The highest BCUT2D eigenvalue weighted by atomic mass is 32.2. The van der Waals surface area contributed by atoms with Crippen LogP contribution in [0, 0.1) is 0 Å². The summed E-state index contributed by atoms with van der Waals surface area (Å²) in [5, 5.41) is 0. The van der Waals surface area contributed by atoms with Gasteiger partial charge in [0.25, 0.3) is 0 Å². The van der Waals surface area contributed by atoms with E-state index in [1.165, 1.54) is 48.7 Å². The van der Waals surface area contributed by atoms with Crippen molar-refractivity contribution < 1.29 is 0 Å². The van der Waals surface area contributed by atoms with Gasteiger partial charge in [0.05, 0.1) is 0 Å². The number of rotatable bonds is 11. The molecule has 0 bridgehead atoms. The predicted molar refractivity (Wildman–Crippen MR) is 82.7 cm³/mol. The van der Waals surface area contributed by atoms with E-state index in [-0.39, 0.29) is 0 Å². The number of hydrogen-bond acceptors (Lipinski definition) is 2. The largest absolute Gasteiger partial charge is 0.158 e. The lowest BCUT2D eigenvalue weighted by atomic mass is 10.2. The van der Waals surface area contributed by atoms with E-state index in [4.69, 9.17) is 0 Å². The van der Waals surface area contributed by atoms with Crippen molar-refractivity contribution in [2.24, 2.45) is 0 Å². The first-order valence-corrected chi connectivity index (χ1v) is 8.60. The lowest BCUT2D eigenvalue weighted by molar-refractivity contribution is 0.711. The van der Waals surface area contributed by atoms with Gasteiger partial charge in [0.15, 0.2) is 0 Å². The molecule has 0 aliphatic carbocycles. The third-order valence-corrected chi connectivity index (χ3v) is 4.24. The molecule has 0 aromatic heterocycles. The molecule has 2 heteroatoms. The van der Waals surface area contributed by atoms with E-state index in [1.807, 2.05) is 0 Å². The normalized spacial score (nSPS) is 11.9. The molecular formula is C14H26S2. The van der Waals surface area contributed by atoms with Crippen LogP contribution < -0.4 is 0 Å². The average molecular weight is 258 g/mol. The van der Waals surface area contributed by atoms with Crippen molar-refractivity contribution in [1.29, 1.82) is 0 Å². The molecule has 0 aromatic rings. The Morgan fingerprint density at radius 2 is 1.12 bits per heavy atom. The Morgan fingerprint density at radius 3 is 1.50 bits per heavy atom. The topological polar surface area (TPSA) is 0 Å². The monoisotopic (exact) mass is 258 g/mol. The zero-order chi connectivity index (χ0) is 11.9. The summed E-state index contributed by atoms with van der Waals surface area (Å²) >= 11 is 4.10. The third kappa shape index (κ3) is 14.2. The molecule has 0 fully saturated rings. The molecular weight excluding hydrogens is 232 g/mol. The maximum absolute atomic E-state index is 2.24. The molecule has 94 valence electrons. The van der Waals surface area contributed by atoms with Crippen molar-refractivity contribution in [3.8, 4) is 0 Å². The van der Waals surface area contributed by atoms with E-state index in [0.29, 0.717) is 0 Å². The Morgan fingerprint density at radius 1 is 0.688 bits per heavy atom. The van der Waals surface area contributed by atoms with Crippen molar-refractivity contribution in [2.45, 2.75) is 39.5 Å². The summed E-state index contributed by atoms with van der Waals surface area (Å²) in [6.07, 6.45) is 14.3. The van der Waals surface area contributed by atoms with Gasteiger partial charge in [0.2, 0.25) is 0 Å².